The summed E-state index contributed by atoms with van der Waals surface area (Å²) in [6.07, 6.45) is 1.37. The lowest BCUT2D eigenvalue weighted by atomic mass is 9.94. The predicted octanol–water partition coefficient (Wildman–Crippen LogP) is 6.01. The SMILES string of the molecule is COC(=O)N[C@H](C(=O)N1CCC[C@H]1C1=Nc2cc(-c3ccc(-c4ccc5nc([C@@H]6CCCN6C(=O)[C@@H](NC(=O)OC)[C@@H](C)OC)[nH]c5c4)c(C)c3)ccc2C1)[C@@H](C)OC. The van der Waals surface area contributed by atoms with E-state index in [0.29, 0.717) is 25.3 Å². The highest BCUT2D eigenvalue weighted by atomic mass is 16.5. The van der Waals surface area contributed by atoms with Crippen LogP contribution in [0.25, 0.3) is 33.3 Å². The molecule has 3 aliphatic heterocycles. The minimum atomic E-state index is -0.903. The molecule has 15 heteroatoms. The number of aromatic amines is 1. The van der Waals surface area contributed by atoms with Gasteiger partial charge in [-0.25, -0.2) is 14.6 Å². The maximum Gasteiger partial charge on any atom is 0.407 e. The number of nitrogens with one attached hydrogen (secondary N) is 3. The molecule has 312 valence electrons. The lowest BCUT2D eigenvalue weighted by Gasteiger charge is -2.31. The number of nitrogens with zero attached hydrogens (tertiary/aromatic N) is 4. The molecule has 0 unspecified atom stereocenters. The van der Waals surface area contributed by atoms with E-state index in [1.54, 1.807) is 18.7 Å². The number of aromatic nitrogens is 2. The summed E-state index contributed by atoms with van der Waals surface area (Å²) in [5, 5.41) is 5.29. The molecule has 4 aromatic rings. The number of aliphatic imine (C=N–C) groups is 1. The number of amides is 4. The van der Waals surface area contributed by atoms with Gasteiger partial charge in [0.2, 0.25) is 11.8 Å². The standard InChI is InChI=1S/C44H53N7O8/c1-24-20-27(28-12-13-30-23-35(45-33(30)21-28)36-10-8-18-50(36)41(52)38(25(2)56-4)48-43(54)58-6)14-16-31(24)29-15-17-32-34(22-29)47-40(46-32)37-11-9-19-51(37)42(53)39(26(3)57-5)49-44(55)59-7/h12-17,20-22,25-26,36-39H,8-11,18-19,23H2,1-7H3,(H,46,47)(H,48,54)(H,49,55)/t25-,26-,36+,37+,38+,39+/m1/s1. The molecule has 15 nitrogen and oxygen atoms in total. The second-order valence-corrected chi connectivity index (χ2v) is 15.5. The smallest absolute Gasteiger partial charge is 0.407 e. The van der Waals surface area contributed by atoms with Gasteiger partial charge in [-0.2, -0.15) is 0 Å². The van der Waals surface area contributed by atoms with Crippen LogP contribution in [0.3, 0.4) is 0 Å². The summed E-state index contributed by atoms with van der Waals surface area (Å²) >= 11 is 0. The Balaban J connectivity index is 1.07. The Morgan fingerprint density at radius 3 is 1.93 bits per heavy atom. The van der Waals surface area contributed by atoms with E-state index < -0.39 is 36.5 Å². The Morgan fingerprint density at radius 2 is 1.32 bits per heavy atom. The number of methoxy groups -OCH3 is 4. The lowest BCUT2D eigenvalue weighted by Crippen LogP contribution is -2.56. The normalized spacial score (nSPS) is 19.5. The van der Waals surface area contributed by atoms with Crippen LogP contribution in [-0.4, -0.2) is 121 Å². The maximum absolute atomic E-state index is 13.8. The molecule has 59 heavy (non-hydrogen) atoms. The molecule has 2 fully saturated rings. The van der Waals surface area contributed by atoms with Crippen LogP contribution >= 0.6 is 0 Å². The van der Waals surface area contributed by atoms with E-state index in [0.717, 1.165) is 81.5 Å². The fraction of sp³-hybridized carbons (Fsp3) is 0.455. The third-order valence-corrected chi connectivity index (χ3v) is 12.0. The van der Waals surface area contributed by atoms with Crippen molar-refractivity contribution >= 4 is 46.4 Å². The first-order valence-corrected chi connectivity index (χ1v) is 20.1. The summed E-state index contributed by atoms with van der Waals surface area (Å²) in [6.45, 7) is 6.71. The summed E-state index contributed by atoms with van der Waals surface area (Å²) in [6, 6.07) is 16.7. The topological polar surface area (TPSA) is 177 Å². The summed E-state index contributed by atoms with van der Waals surface area (Å²) in [5.74, 6) is 0.246. The Hall–Kier alpha value is -5.80. The number of alkyl carbamates (subject to hydrolysis) is 2. The van der Waals surface area contributed by atoms with Crippen LogP contribution in [0.2, 0.25) is 0 Å². The van der Waals surface area contributed by atoms with Gasteiger partial charge in [0.1, 0.15) is 17.9 Å². The van der Waals surface area contributed by atoms with Crippen LogP contribution < -0.4 is 10.6 Å². The second kappa shape index (κ2) is 17.6. The van der Waals surface area contributed by atoms with E-state index in [1.807, 2.05) is 11.0 Å². The molecule has 7 rings (SSSR count). The summed E-state index contributed by atoms with van der Waals surface area (Å²) in [7, 11) is 5.55. The number of benzene rings is 3. The van der Waals surface area contributed by atoms with E-state index in [9.17, 15) is 19.2 Å². The molecule has 0 saturated carbocycles. The average molecular weight is 808 g/mol. The van der Waals surface area contributed by atoms with Crippen molar-refractivity contribution in [3.63, 3.8) is 0 Å². The number of carbonyl (C=O) groups is 4. The van der Waals surface area contributed by atoms with Gasteiger partial charge in [-0.05, 0) is 98.0 Å². The Labute approximate surface area is 343 Å². The number of ether oxygens (including phenoxy) is 4. The zero-order valence-electron chi connectivity index (χ0n) is 34.7. The van der Waals surface area contributed by atoms with Crippen molar-refractivity contribution in [2.75, 3.05) is 41.5 Å². The van der Waals surface area contributed by atoms with E-state index in [-0.39, 0.29) is 23.9 Å². The number of hydrogen-bond donors (Lipinski definition) is 3. The molecule has 0 aliphatic carbocycles. The van der Waals surface area contributed by atoms with Gasteiger partial charge in [0.15, 0.2) is 0 Å². The number of likely N-dealkylation sites (tertiary alicyclic amines) is 2. The van der Waals surface area contributed by atoms with Gasteiger partial charge < -0.3 is 44.4 Å². The number of hydrogen-bond acceptors (Lipinski definition) is 10. The first-order chi connectivity index (χ1) is 28.4. The van der Waals surface area contributed by atoms with Crippen LogP contribution in [0.15, 0.2) is 59.6 Å². The molecule has 3 aliphatic rings. The van der Waals surface area contributed by atoms with E-state index in [2.05, 4.69) is 71.1 Å². The summed E-state index contributed by atoms with van der Waals surface area (Å²) < 4.78 is 20.4. The summed E-state index contributed by atoms with van der Waals surface area (Å²) in [5.41, 5.74) is 9.99. The van der Waals surface area contributed by atoms with Gasteiger partial charge in [-0.3, -0.25) is 14.6 Å². The summed E-state index contributed by atoms with van der Waals surface area (Å²) in [4.78, 5) is 68.7. The first kappa shape index (κ1) is 41.4. The zero-order chi connectivity index (χ0) is 42.0. The largest absolute Gasteiger partial charge is 0.453 e. The Kier molecular flexibility index (Phi) is 12.3. The van der Waals surface area contributed by atoms with Gasteiger partial charge in [0.25, 0.3) is 0 Å². The first-order valence-electron chi connectivity index (χ1n) is 20.1. The Morgan fingerprint density at radius 1 is 0.746 bits per heavy atom. The Bertz CT molecular complexity index is 2270. The number of carbonyl (C=O) groups excluding carboxylic acids is 4. The zero-order valence-corrected chi connectivity index (χ0v) is 34.7. The van der Waals surface area contributed by atoms with Crippen LogP contribution in [0, 0.1) is 6.92 Å². The molecular formula is C44H53N7O8. The second-order valence-electron chi connectivity index (χ2n) is 15.5. The predicted molar refractivity (Wildman–Crippen MR) is 223 cm³/mol. The third-order valence-electron chi connectivity index (χ3n) is 12.0. The number of fused-ring (bicyclic) bond motifs is 2. The highest BCUT2D eigenvalue weighted by Gasteiger charge is 2.41. The molecule has 4 amide bonds. The van der Waals surface area contributed by atoms with Crippen molar-refractivity contribution in [2.24, 2.45) is 4.99 Å². The molecular weight excluding hydrogens is 755 g/mol. The number of rotatable bonds is 12. The van der Waals surface area contributed by atoms with Gasteiger partial charge >= 0.3 is 12.2 Å². The van der Waals surface area contributed by atoms with Gasteiger partial charge in [0, 0.05) is 39.4 Å². The minimum absolute atomic E-state index is 0.166. The van der Waals surface area contributed by atoms with E-state index in [4.69, 9.17) is 28.9 Å². The van der Waals surface area contributed by atoms with E-state index >= 15 is 0 Å². The van der Waals surface area contributed by atoms with Crippen molar-refractivity contribution in [3.05, 3.63) is 71.5 Å². The van der Waals surface area contributed by atoms with Crippen LogP contribution in [0.5, 0.6) is 0 Å². The molecule has 1 aromatic heterocycles. The van der Waals surface area contributed by atoms with Crippen molar-refractivity contribution in [3.8, 4) is 22.3 Å². The van der Waals surface area contributed by atoms with Gasteiger partial charge in [-0.1, -0.05) is 36.4 Å². The molecule has 2 saturated heterocycles. The van der Waals surface area contributed by atoms with Crippen LogP contribution in [-0.2, 0) is 35.0 Å². The molecule has 4 heterocycles. The number of imidazole rings is 1. The average Bonchev–Trinajstić information content (AvgIpc) is 4.08. The highest BCUT2D eigenvalue weighted by Crippen LogP contribution is 2.38. The maximum atomic E-state index is 13.8. The van der Waals surface area contributed by atoms with Crippen LogP contribution in [0.1, 0.15) is 62.5 Å². The molecule has 0 radical (unpaired) electrons. The fourth-order valence-electron chi connectivity index (χ4n) is 8.55. The highest BCUT2D eigenvalue weighted by molar-refractivity contribution is 6.01. The van der Waals surface area contributed by atoms with Crippen LogP contribution in [0.4, 0.5) is 15.3 Å². The third kappa shape index (κ3) is 8.39. The molecule has 3 N–H and O–H groups in total. The minimum Gasteiger partial charge on any atom is -0.453 e. The fourth-order valence-corrected chi connectivity index (χ4v) is 8.55. The number of H-pyrrole nitrogens is 1. The monoisotopic (exact) mass is 807 g/mol. The van der Waals surface area contributed by atoms with E-state index in [1.165, 1.54) is 28.4 Å². The van der Waals surface area contributed by atoms with Gasteiger partial charge in [0.05, 0.1) is 55.2 Å². The van der Waals surface area contributed by atoms with Gasteiger partial charge in [-0.15, -0.1) is 0 Å². The van der Waals surface area contributed by atoms with Crippen molar-refractivity contribution in [1.29, 1.82) is 0 Å². The molecule has 6 atom stereocenters. The molecule has 3 aromatic carbocycles. The van der Waals surface area contributed by atoms with Crippen molar-refractivity contribution in [1.82, 2.24) is 30.4 Å². The van der Waals surface area contributed by atoms with Crippen molar-refractivity contribution in [2.45, 2.75) is 89.3 Å². The number of aryl methyl sites for hydroxylation is 1. The quantitative estimate of drug-likeness (QED) is 0.155. The lowest BCUT2D eigenvalue weighted by molar-refractivity contribution is -0.138. The molecule has 0 spiro atoms. The van der Waals surface area contributed by atoms with Crippen molar-refractivity contribution < 1.29 is 38.1 Å². The molecule has 0 bridgehead atoms.